The van der Waals surface area contributed by atoms with Gasteiger partial charge in [0.2, 0.25) is 11.8 Å². The van der Waals surface area contributed by atoms with Gasteiger partial charge in [0.05, 0.1) is 6.54 Å². The van der Waals surface area contributed by atoms with Crippen LogP contribution in [0.15, 0.2) is 0 Å². The van der Waals surface area contributed by atoms with E-state index in [9.17, 15) is 9.59 Å². The minimum Gasteiger partial charge on any atom is -0.350 e. The fraction of sp³-hybridized carbons (Fsp3) is 0.833. The van der Waals surface area contributed by atoms with Gasteiger partial charge in [-0.25, -0.2) is 0 Å². The van der Waals surface area contributed by atoms with Crippen LogP contribution in [-0.4, -0.2) is 29.9 Å². The topological polar surface area (TPSA) is 84.2 Å². The van der Waals surface area contributed by atoms with Crippen LogP contribution < -0.4 is 16.4 Å². The van der Waals surface area contributed by atoms with Gasteiger partial charge in [0.15, 0.2) is 0 Å². The molecule has 0 rings (SSSR count). The molecule has 4 N–H and O–H groups in total. The standard InChI is InChI=1S/C12H25N3O2/c1-9(13)6-5-7-10(16)14-8-11(17)15-12(2,3)4/h9H,5-8,13H2,1-4H3,(H,14,16)(H,15,17). The van der Waals surface area contributed by atoms with E-state index in [1.807, 2.05) is 27.7 Å². The molecule has 0 spiro atoms. The summed E-state index contributed by atoms with van der Waals surface area (Å²) >= 11 is 0. The van der Waals surface area contributed by atoms with E-state index < -0.39 is 0 Å². The lowest BCUT2D eigenvalue weighted by Crippen LogP contribution is -2.45. The molecule has 0 saturated carbocycles. The Morgan fingerprint density at radius 2 is 1.82 bits per heavy atom. The van der Waals surface area contributed by atoms with Crippen molar-refractivity contribution in [1.82, 2.24) is 10.6 Å². The van der Waals surface area contributed by atoms with Gasteiger partial charge >= 0.3 is 0 Å². The quantitative estimate of drug-likeness (QED) is 0.636. The molecule has 0 aliphatic carbocycles. The Hall–Kier alpha value is -1.10. The normalized spacial score (nSPS) is 13.0. The molecular weight excluding hydrogens is 218 g/mol. The van der Waals surface area contributed by atoms with Crippen LogP contribution in [0, 0.1) is 0 Å². The molecule has 0 aromatic rings. The Bertz CT molecular complexity index is 257. The molecule has 0 aliphatic heterocycles. The first kappa shape index (κ1) is 15.9. The Morgan fingerprint density at radius 3 is 2.29 bits per heavy atom. The first-order valence-electron chi connectivity index (χ1n) is 6.04. The van der Waals surface area contributed by atoms with Gasteiger partial charge in [0.25, 0.3) is 0 Å². The summed E-state index contributed by atoms with van der Waals surface area (Å²) in [6.07, 6.45) is 2.00. The Balaban J connectivity index is 3.67. The van der Waals surface area contributed by atoms with E-state index in [1.165, 1.54) is 0 Å². The summed E-state index contributed by atoms with van der Waals surface area (Å²) in [5.74, 6) is -0.271. The number of nitrogens with two attached hydrogens (primary N) is 1. The zero-order valence-corrected chi connectivity index (χ0v) is 11.3. The lowest BCUT2D eigenvalue weighted by molar-refractivity contribution is -0.126. The largest absolute Gasteiger partial charge is 0.350 e. The molecule has 100 valence electrons. The van der Waals surface area contributed by atoms with Crippen molar-refractivity contribution in [2.75, 3.05) is 6.54 Å². The van der Waals surface area contributed by atoms with E-state index in [-0.39, 0.29) is 29.9 Å². The Kier molecular flexibility index (Phi) is 6.80. The van der Waals surface area contributed by atoms with Crippen LogP contribution >= 0.6 is 0 Å². The van der Waals surface area contributed by atoms with Gasteiger partial charge in [-0.3, -0.25) is 9.59 Å². The highest BCUT2D eigenvalue weighted by atomic mass is 16.2. The van der Waals surface area contributed by atoms with Gasteiger partial charge in [-0.1, -0.05) is 0 Å². The maximum atomic E-state index is 11.4. The van der Waals surface area contributed by atoms with Crippen molar-refractivity contribution in [3.05, 3.63) is 0 Å². The second-order valence-corrected chi connectivity index (χ2v) is 5.44. The van der Waals surface area contributed by atoms with Crippen molar-refractivity contribution in [2.45, 2.75) is 58.5 Å². The third-order valence-corrected chi connectivity index (χ3v) is 2.02. The summed E-state index contributed by atoms with van der Waals surface area (Å²) in [5.41, 5.74) is 5.31. The van der Waals surface area contributed by atoms with Gasteiger partial charge in [-0.15, -0.1) is 0 Å². The molecule has 0 bridgehead atoms. The Labute approximate surface area is 104 Å². The molecule has 0 aromatic carbocycles. The van der Waals surface area contributed by atoms with Crippen molar-refractivity contribution in [2.24, 2.45) is 5.73 Å². The zero-order chi connectivity index (χ0) is 13.5. The number of nitrogens with one attached hydrogen (secondary N) is 2. The van der Waals surface area contributed by atoms with Crippen molar-refractivity contribution >= 4 is 11.8 Å². The number of carbonyl (C=O) groups is 2. The second kappa shape index (κ2) is 7.27. The van der Waals surface area contributed by atoms with Crippen molar-refractivity contribution < 1.29 is 9.59 Å². The lowest BCUT2D eigenvalue weighted by atomic mass is 10.1. The smallest absolute Gasteiger partial charge is 0.239 e. The van der Waals surface area contributed by atoms with Crippen LogP contribution in [0.3, 0.4) is 0 Å². The van der Waals surface area contributed by atoms with Crippen LogP contribution in [-0.2, 0) is 9.59 Å². The van der Waals surface area contributed by atoms with E-state index in [2.05, 4.69) is 10.6 Å². The summed E-state index contributed by atoms with van der Waals surface area (Å²) in [6, 6.07) is 0.118. The van der Waals surface area contributed by atoms with Gasteiger partial charge in [-0.05, 0) is 40.5 Å². The minimum absolute atomic E-state index is 0.0360. The predicted molar refractivity (Wildman–Crippen MR) is 68.4 cm³/mol. The summed E-state index contributed by atoms with van der Waals surface area (Å²) in [6.45, 7) is 7.64. The molecule has 0 aromatic heterocycles. The highest BCUT2D eigenvalue weighted by Gasteiger charge is 2.13. The van der Waals surface area contributed by atoms with Crippen LogP contribution in [0.1, 0.15) is 47.0 Å². The predicted octanol–water partition coefficient (Wildman–Crippen LogP) is 0.535. The first-order chi connectivity index (χ1) is 7.70. The number of hydrogen-bond donors (Lipinski definition) is 3. The SMILES string of the molecule is CC(N)CCCC(=O)NCC(=O)NC(C)(C)C. The fourth-order valence-corrected chi connectivity index (χ4v) is 1.31. The van der Waals surface area contributed by atoms with Crippen molar-refractivity contribution in [3.63, 3.8) is 0 Å². The number of hydrogen-bond acceptors (Lipinski definition) is 3. The zero-order valence-electron chi connectivity index (χ0n) is 11.3. The van der Waals surface area contributed by atoms with Crippen LogP contribution in [0.5, 0.6) is 0 Å². The molecule has 0 radical (unpaired) electrons. The molecule has 0 fully saturated rings. The highest BCUT2D eigenvalue weighted by molar-refractivity contribution is 5.84. The average molecular weight is 243 g/mol. The van der Waals surface area contributed by atoms with E-state index >= 15 is 0 Å². The van der Waals surface area contributed by atoms with E-state index in [0.717, 1.165) is 12.8 Å². The molecule has 2 amide bonds. The van der Waals surface area contributed by atoms with E-state index in [1.54, 1.807) is 0 Å². The Morgan fingerprint density at radius 1 is 1.24 bits per heavy atom. The molecule has 0 saturated heterocycles. The van der Waals surface area contributed by atoms with Gasteiger partial charge in [0.1, 0.15) is 0 Å². The number of carbonyl (C=O) groups excluding carboxylic acids is 2. The van der Waals surface area contributed by atoms with E-state index in [4.69, 9.17) is 5.73 Å². The first-order valence-corrected chi connectivity index (χ1v) is 6.04. The molecule has 17 heavy (non-hydrogen) atoms. The van der Waals surface area contributed by atoms with Gasteiger partial charge in [-0.2, -0.15) is 0 Å². The number of rotatable bonds is 6. The monoisotopic (exact) mass is 243 g/mol. The summed E-state index contributed by atoms with van der Waals surface area (Å²) < 4.78 is 0. The van der Waals surface area contributed by atoms with Crippen LogP contribution in [0.2, 0.25) is 0 Å². The summed E-state index contributed by atoms with van der Waals surface area (Å²) in [4.78, 5) is 22.8. The maximum Gasteiger partial charge on any atom is 0.239 e. The van der Waals surface area contributed by atoms with Gasteiger partial charge in [0, 0.05) is 18.0 Å². The van der Waals surface area contributed by atoms with Crippen molar-refractivity contribution in [3.8, 4) is 0 Å². The van der Waals surface area contributed by atoms with Gasteiger partial charge < -0.3 is 16.4 Å². The molecule has 0 aliphatic rings. The molecule has 5 nitrogen and oxygen atoms in total. The molecular formula is C12H25N3O2. The summed E-state index contributed by atoms with van der Waals surface area (Å²) in [7, 11) is 0. The van der Waals surface area contributed by atoms with Crippen LogP contribution in [0.25, 0.3) is 0 Å². The average Bonchev–Trinajstić information content (AvgIpc) is 2.11. The van der Waals surface area contributed by atoms with E-state index in [0.29, 0.717) is 6.42 Å². The fourth-order valence-electron chi connectivity index (χ4n) is 1.31. The molecule has 5 heteroatoms. The third-order valence-electron chi connectivity index (χ3n) is 2.02. The van der Waals surface area contributed by atoms with Crippen LogP contribution in [0.4, 0.5) is 0 Å². The second-order valence-electron chi connectivity index (χ2n) is 5.44. The molecule has 1 atom stereocenters. The minimum atomic E-state index is -0.267. The summed E-state index contributed by atoms with van der Waals surface area (Å²) in [5, 5.41) is 5.36. The maximum absolute atomic E-state index is 11.4. The number of amides is 2. The highest BCUT2D eigenvalue weighted by Crippen LogP contribution is 1.99. The molecule has 1 unspecified atom stereocenters. The lowest BCUT2D eigenvalue weighted by Gasteiger charge is -2.20. The molecule has 0 heterocycles. The van der Waals surface area contributed by atoms with Crippen molar-refractivity contribution in [1.29, 1.82) is 0 Å². The third kappa shape index (κ3) is 11.2.